The first-order chi connectivity index (χ1) is 16.7. The molecule has 0 aromatic carbocycles. The van der Waals surface area contributed by atoms with Crippen LogP contribution in [0.1, 0.15) is 66.7 Å². The first-order valence-corrected chi connectivity index (χ1v) is 12.1. The second kappa shape index (κ2) is 19.4. The number of primary amides is 1. The van der Waals surface area contributed by atoms with E-state index in [0.717, 1.165) is 6.92 Å². The van der Waals surface area contributed by atoms with E-state index in [-0.39, 0.29) is 11.8 Å². The lowest BCUT2D eigenvalue weighted by Crippen LogP contribution is -2.58. The van der Waals surface area contributed by atoms with Gasteiger partial charge in [-0.25, -0.2) is 0 Å². The molecule has 13 nitrogen and oxygen atoms in total. The number of rotatable bonds is 16. The van der Waals surface area contributed by atoms with Crippen molar-refractivity contribution in [3.05, 3.63) is 0 Å². The van der Waals surface area contributed by atoms with Gasteiger partial charge in [0.15, 0.2) is 0 Å². The standard InChI is InChI=1S/C21H42N6O5.C2H4O2/c1-12(2)9-16(26-19(30)14(23)11-28)21(32)27-17(10-13(3)4)20(31)25-15(18(24)29)7-5-6-8-22;1-2(3)4/h12-17,28H,5-11,22-23H2,1-4H3,(H2,24,29)(H,25,31)(H,26,30)(H,27,32);1H3,(H,3,4)/t14-,15-,16-,17-;/m0./s1. The maximum Gasteiger partial charge on any atom is 0.300 e. The largest absolute Gasteiger partial charge is 0.481 e. The Hall–Kier alpha value is -2.77. The normalized spacial score (nSPS) is 14.1. The molecule has 0 saturated heterocycles. The molecule has 0 aliphatic heterocycles. The van der Waals surface area contributed by atoms with Crippen LogP contribution < -0.4 is 33.2 Å². The molecule has 13 heteroatoms. The summed E-state index contributed by atoms with van der Waals surface area (Å²) in [6.07, 6.45) is 2.31. The second-order valence-corrected chi connectivity index (χ2v) is 9.44. The number of carbonyl (C=O) groups excluding carboxylic acids is 4. The molecule has 0 aliphatic carbocycles. The lowest BCUT2D eigenvalue weighted by Gasteiger charge is -2.27. The highest BCUT2D eigenvalue weighted by atomic mass is 16.4. The molecule has 4 atom stereocenters. The quantitative estimate of drug-likeness (QED) is 0.111. The van der Waals surface area contributed by atoms with Crippen LogP contribution in [0.3, 0.4) is 0 Å². The minimum atomic E-state index is -1.16. The minimum Gasteiger partial charge on any atom is -0.481 e. The summed E-state index contributed by atoms with van der Waals surface area (Å²) in [6, 6.07) is -3.87. The summed E-state index contributed by atoms with van der Waals surface area (Å²) in [5, 5.41) is 24.3. The molecule has 0 fully saturated rings. The van der Waals surface area contributed by atoms with Crippen molar-refractivity contribution in [1.82, 2.24) is 16.0 Å². The molecular weight excluding hydrogens is 472 g/mol. The van der Waals surface area contributed by atoms with Crippen molar-refractivity contribution in [2.45, 2.75) is 90.9 Å². The topological polar surface area (TPSA) is 240 Å². The lowest BCUT2D eigenvalue weighted by molar-refractivity contribution is -0.134. The van der Waals surface area contributed by atoms with Gasteiger partial charge in [-0.2, -0.15) is 0 Å². The predicted molar refractivity (Wildman–Crippen MR) is 135 cm³/mol. The fraction of sp³-hybridized carbons (Fsp3) is 0.783. The number of aliphatic hydroxyl groups is 1. The summed E-state index contributed by atoms with van der Waals surface area (Å²) in [7, 11) is 0. The molecule has 0 unspecified atom stereocenters. The van der Waals surface area contributed by atoms with Crippen LogP contribution in [0.25, 0.3) is 0 Å². The molecule has 11 N–H and O–H groups in total. The monoisotopic (exact) mass is 518 g/mol. The van der Waals surface area contributed by atoms with Crippen LogP contribution in [0.15, 0.2) is 0 Å². The number of aliphatic hydroxyl groups excluding tert-OH is 1. The third kappa shape index (κ3) is 17.6. The molecule has 0 aromatic rings. The number of amides is 4. The predicted octanol–water partition coefficient (Wildman–Crippen LogP) is -1.44. The molecule has 210 valence electrons. The molecule has 4 amide bonds. The zero-order chi connectivity index (χ0) is 28.4. The highest BCUT2D eigenvalue weighted by Crippen LogP contribution is 2.10. The highest BCUT2D eigenvalue weighted by Gasteiger charge is 2.30. The van der Waals surface area contributed by atoms with Gasteiger partial charge in [0.1, 0.15) is 24.2 Å². The summed E-state index contributed by atoms with van der Waals surface area (Å²) in [4.78, 5) is 58.7. The van der Waals surface area contributed by atoms with Crippen LogP contribution in [-0.2, 0) is 24.0 Å². The van der Waals surface area contributed by atoms with Gasteiger partial charge in [-0.15, -0.1) is 0 Å². The SMILES string of the molecule is CC(=O)O.CC(C)C[C@H](NC(=O)[C@H](CC(C)C)NC(=O)[C@@H](N)CO)C(=O)N[C@@H](CCCCN)C(N)=O. The van der Waals surface area contributed by atoms with Crippen molar-refractivity contribution in [1.29, 1.82) is 0 Å². The lowest BCUT2D eigenvalue weighted by atomic mass is 9.99. The van der Waals surface area contributed by atoms with Gasteiger partial charge in [-0.3, -0.25) is 24.0 Å². The Labute approximate surface area is 213 Å². The zero-order valence-electron chi connectivity index (χ0n) is 22.1. The van der Waals surface area contributed by atoms with Crippen molar-refractivity contribution in [2.75, 3.05) is 13.2 Å². The number of hydrogen-bond donors (Lipinski definition) is 8. The van der Waals surface area contributed by atoms with E-state index in [2.05, 4.69) is 16.0 Å². The van der Waals surface area contributed by atoms with Crippen LogP contribution in [-0.4, -0.2) is 77.1 Å². The Morgan fingerprint density at radius 2 is 1.17 bits per heavy atom. The highest BCUT2D eigenvalue weighted by molar-refractivity contribution is 5.94. The van der Waals surface area contributed by atoms with E-state index in [4.69, 9.17) is 32.2 Å². The Bertz CT molecular complexity index is 698. The van der Waals surface area contributed by atoms with E-state index >= 15 is 0 Å². The van der Waals surface area contributed by atoms with E-state index in [9.17, 15) is 19.2 Å². The van der Waals surface area contributed by atoms with Crippen molar-refractivity contribution in [3.63, 3.8) is 0 Å². The van der Waals surface area contributed by atoms with Gasteiger partial charge >= 0.3 is 0 Å². The summed E-state index contributed by atoms with van der Waals surface area (Å²) in [6.45, 7) is 8.55. The number of aliphatic carboxylic acids is 1. The van der Waals surface area contributed by atoms with Crippen molar-refractivity contribution >= 4 is 29.6 Å². The second-order valence-electron chi connectivity index (χ2n) is 9.44. The number of carboxylic acid groups (broad SMARTS) is 1. The Balaban J connectivity index is 0. The van der Waals surface area contributed by atoms with Crippen molar-refractivity contribution in [2.24, 2.45) is 29.0 Å². The van der Waals surface area contributed by atoms with Gasteiger partial charge in [-0.1, -0.05) is 27.7 Å². The van der Waals surface area contributed by atoms with Gasteiger partial charge in [0, 0.05) is 6.92 Å². The van der Waals surface area contributed by atoms with Crippen LogP contribution >= 0.6 is 0 Å². The number of unbranched alkanes of at least 4 members (excludes halogenated alkanes) is 1. The van der Waals surface area contributed by atoms with E-state index in [0.29, 0.717) is 38.6 Å². The summed E-state index contributed by atoms with van der Waals surface area (Å²) in [5.41, 5.74) is 16.4. The fourth-order valence-corrected chi connectivity index (χ4v) is 3.09. The molecule has 0 bridgehead atoms. The third-order valence-corrected chi connectivity index (χ3v) is 4.82. The first kappa shape index (κ1) is 35.4. The Morgan fingerprint density at radius 3 is 1.50 bits per heavy atom. The van der Waals surface area contributed by atoms with Gasteiger partial charge in [-0.05, 0) is 50.5 Å². The van der Waals surface area contributed by atoms with Gasteiger partial charge in [0.2, 0.25) is 23.6 Å². The number of hydrogen-bond acceptors (Lipinski definition) is 8. The Morgan fingerprint density at radius 1 is 0.778 bits per heavy atom. The van der Waals surface area contributed by atoms with Crippen molar-refractivity contribution in [3.8, 4) is 0 Å². The number of nitrogens with one attached hydrogen (secondary N) is 3. The average molecular weight is 519 g/mol. The summed E-state index contributed by atoms with van der Waals surface area (Å²) < 4.78 is 0. The summed E-state index contributed by atoms with van der Waals surface area (Å²) >= 11 is 0. The van der Waals surface area contributed by atoms with Gasteiger partial charge in [0.05, 0.1) is 6.61 Å². The first-order valence-electron chi connectivity index (χ1n) is 12.1. The minimum absolute atomic E-state index is 0.0653. The molecule has 36 heavy (non-hydrogen) atoms. The number of carbonyl (C=O) groups is 5. The maximum atomic E-state index is 12.9. The number of nitrogens with two attached hydrogens (primary N) is 3. The van der Waals surface area contributed by atoms with Crippen LogP contribution in [0.5, 0.6) is 0 Å². The van der Waals surface area contributed by atoms with E-state index in [1.54, 1.807) is 0 Å². The molecule has 0 spiro atoms. The molecule has 0 radical (unpaired) electrons. The van der Waals surface area contributed by atoms with Crippen LogP contribution in [0.2, 0.25) is 0 Å². The molecule has 0 rings (SSSR count). The zero-order valence-corrected chi connectivity index (χ0v) is 22.1. The third-order valence-electron chi connectivity index (χ3n) is 4.82. The molecule has 0 heterocycles. The van der Waals surface area contributed by atoms with E-state index < -0.39 is 60.4 Å². The summed E-state index contributed by atoms with van der Waals surface area (Å²) in [5.74, 6) is -3.09. The van der Waals surface area contributed by atoms with Crippen LogP contribution in [0, 0.1) is 11.8 Å². The maximum absolute atomic E-state index is 12.9. The van der Waals surface area contributed by atoms with E-state index in [1.165, 1.54) is 0 Å². The van der Waals surface area contributed by atoms with E-state index in [1.807, 2.05) is 27.7 Å². The number of carboxylic acids is 1. The van der Waals surface area contributed by atoms with Gasteiger partial charge < -0.3 is 43.4 Å². The van der Waals surface area contributed by atoms with Crippen LogP contribution in [0.4, 0.5) is 0 Å². The smallest absolute Gasteiger partial charge is 0.300 e. The van der Waals surface area contributed by atoms with Gasteiger partial charge in [0.25, 0.3) is 5.97 Å². The fourth-order valence-electron chi connectivity index (χ4n) is 3.09. The molecule has 0 saturated carbocycles. The van der Waals surface area contributed by atoms with Crippen molar-refractivity contribution < 1.29 is 34.2 Å². The molecular formula is C23H46N6O7. The average Bonchev–Trinajstić information content (AvgIpc) is 2.75. The Kier molecular flexibility index (Phi) is 19.1. The molecule has 0 aromatic heterocycles. The molecule has 0 aliphatic rings.